The van der Waals surface area contributed by atoms with E-state index >= 15 is 0 Å². The zero-order valence-electron chi connectivity index (χ0n) is 9.00. The predicted octanol–water partition coefficient (Wildman–Crippen LogP) is 3.13. The lowest BCUT2D eigenvalue weighted by atomic mass is 9.85. The van der Waals surface area contributed by atoms with Gasteiger partial charge in [-0.2, -0.15) is 0 Å². The molecule has 1 nitrogen and oxygen atoms in total. The van der Waals surface area contributed by atoms with Crippen LogP contribution in [-0.2, 0) is 11.2 Å². The summed E-state index contributed by atoms with van der Waals surface area (Å²) in [5, 5.41) is 0. The van der Waals surface area contributed by atoms with E-state index in [4.69, 9.17) is 0 Å². The van der Waals surface area contributed by atoms with E-state index in [0.29, 0.717) is 18.8 Å². The smallest absolute Gasteiger partial charge is 0.163 e. The maximum absolute atomic E-state index is 13.1. The van der Waals surface area contributed by atoms with Gasteiger partial charge in [0.05, 0.1) is 0 Å². The molecule has 0 radical (unpaired) electrons. The molecule has 3 rings (SSSR count). The lowest BCUT2D eigenvalue weighted by Crippen LogP contribution is -2.12. The third-order valence-electron chi connectivity index (χ3n) is 3.30. The molecule has 0 amide bonds. The summed E-state index contributed by atoms with van der Waals surface area (Å²) in [5.41, 5.74) is 2.75. The van der Waals surface area contributed by atoms with Gasteiger partial charge in [0, 0.05) is 12.0 Å². The molecule has 0 saturated heterocycles. The molecular weight excluding hydrogens is 203 g/mol. The molecule has 0 N–H and O–H groups in total. The Hall–Kier alpha value is -1.44. The minimum absolute atomic E-state index is 0.209. The van der Waals surface area contributed by atoms with E-state index in [0.717, 1.165) is 16.7 Å². The molecule has 1 saturated carbocycles. The highest BCUT2D eigenvalue weighted by Crippen LogP contribution is 2.36. The van der Waals surface area contributed by atoms with Crippen LogP contribution in [0.3, 0.4) is 0 Å². The third kappa shape index (κ3) is 1.69. The molecule has 2 heteroatoms. The van der Waals surface area contributed by atoms with Crippen LogP contribution < -0.4 is 0 Å². The fourth-order valence-electron chi connectivity index (χ4n) is 2.25. The third-order valence-corrected chi connectivity index (χ3v) is 3.30. The summed E-state index contributed by atoms with van der Waals surface area (Å²) < 4.78 is 13.1. The summed E-state index contributed by atoms with van der Waals surface area (Å²) in [5.74, 6) is 0.583. The number of hydrogen-bond donors (Lipinski definition) is 0. The van der Waals surface area contributed by atoms with Gasteiger partial charge in [0.2, 0.25) is 0 Å². The summed E-state index contributed by atoms with van der Waals surface area (Å²) in [7, 11) is 0. The van der Waals surface area contributed by atoms with E-state index in [1.54, 1.807) is 12.1 Å². The first-order chi connectivity index (χ1) is 7.74. The topological polar surface area (TPSA) is 17.1 Å². The average molecular weight is 216 g/mol. The second-order valence-corrected chi connectivity index (χ2v) is 4.64. The first-order valence-corrected chi connectivity index (χ1v) is 5.78. The minimum atomic E-state index is -0.209. The molecule has 0 atom stereocenters. The number of ketones is 1. The van der Waals surface area contributed by atoms with Crippen LogP contribution in [0.4, 0.5) is 4.39 Å². The van der Waals surface area contributed by atoms with Gasteiger partial charge in [-0.25, -0.2) is 4.39 Å². The molecule has 82 valence electrons. The number of aryl methyl sites for hydroxylation is 1. The van der Waals surface area contributed by atoms with Gasteiger partial charge in [0.15, 0.2) is 5.78 Å². The van der Waals surface area contributed by atoms with Crippen molar-refractivity contribution in [3.8, 4) is 0 Å². The van der Waals surface area contributed by atoms with Crippen molar-refractivity contribution in [3.63, 3.8) is 0 Å². The van der Waals surface area contributed by atoms with E-state index in [1.165, 1.54) is 18.9 Å². The lowest BCUT2D eigenvalue weighted by Gasteiger charge is -2.18. The van der Waals surface area contributed by atoms with Gasteiger partial charge in [0.1, 0.15) is 5.82 Å². The maximum Gasteiger partial charge on any atom is 0.163 e. The molecular formula is C14H13FO. The van der Waals surface area contributed by atoms with Crippen molar-refractivity contribution < 1.29 is 9.18 Å². The van der Waals surface area contributed by atoms with Gasteiger partial charge in [-0.15, -0.1) is 0 Å². The first kappa shape index (κ1) is 9.76. The highest BCUT2D eigenvalue weighted by molar-refractivity contribution is 6.22. The van der Waals surface area contributed by atoms with Gasteiger partial charge in [-0.3, -0.25) is 4.79 Å². The zero-order valence-corrected chi connectivity index (χ0v) is 9.00. The number of benzene rings is 1. The second kappa shape index (κ2) is 3.55. The number of rotatable bonds is 1. The van der Waals surface area contributed by atoms with Crippen molar-refractivity contribution in [1.29, 1.82) is 0 Å². The van der Waals surface area contributed by atoms with Gasteiger partial charge in [-0.05, 0) is 48.4 Å². The second-order valence-electron chi connectivity index (χ2n) is 4.64. The average Bonchev–Trinajstić information content (AvgIpc) is 3.06. The van der Waals surface area contributed by atoms with Crippen molar-refractivity contribution >= 4 is 11.4 Å². The number of hydrogen-bond acceptors (Lipinski definition) is 1. The number of fused-ring (bicyclic) bond motifs is 1. The Morgan fingerprint density at radius 2 is 2.06 bits per heavy atom. The largest absolute Gasteiger partial charge is 0.294 e. The fourth-order valence-corrected chi connectivity index (χ4v) is 2.25. The van der Waals surface area contributed by atoms with Crippen molar-refractivity contribution in [2.45, 2.75) is 25.7 Å². The van der Waals surface area contributed by atoms with Gasteiger partial charge < -0.3 is 0 Å². The van der Waals surface area contributed by atoms with Crippen molar-refractivity contribution in [2.75, 3.05) is 0 Å². The monoisotopic (exact) mass is 216 g/mol. The zero-order chi connectivity index (χ0) is 11.1. The molecule has 16 heavy (non-hydrogen) atoms. The summed E-state index contributed by atoms with van der Waals surface area (Å²) in [6, 6.07) is 4.75. The highest BCUT2D eigenvalue weighted by atomic mass is 19.1. The van der Waals surface area contributed by atoms with E-state index in [1.807, 2.05) is 0 Å². The Morgan fingerprint density at radius 1 is 1.25 bits per heavy atom. The van der Waals surface area contributed by atoms with Gasteiger partial charge >= 0.3 is 0 Å². The van der Waals surface area contributed by atoms with Crippen LogP contribution in [0.1, 0.15) is 30.4 Å². The van der Waals surface area contributed by atoms with Crippen LogP contribution in [-0.4, -0.2) is 5.78 Å². The Morgan fingerprint density at radius 3 is 2.81 bits per heavy atom. The summed E-state index contributed by atoms with van der Waals surface area (Å²) in [6.07, 6.45) is 5.65. The van der Waals surface area contributed by atoms with E-state index < -0.39 is 0 Å². The molecule has 0 heterocycles. The SMILES string of the molecule is O=C1CCc2cc(F)ccc2/C1=C/C1CC1. The van der Waals surface area contributed by atoms with Crippen LogP contribution in [0.5, 0.6) is 0 Å². The van der Waals surface area contributed by atoms with Crippen LogP contribution in [0.2, 0.25) is 0 Å². The van der Waals surface area contributed by atoms with Crippen LogP contribution in [0.25, 0.3) is 5.57 Å². The normalized spacial score (nSPS) is 22.3. The number of halogens is 1. The molecule has 0 aliphatic heterocycles. The first-order valence-electron chi connectivity index (χ1n) is 5.78. The molecule has 2 aliphatic carbocycles. The predicted molar refractivity (Wildman–Crippen MR) is 60.4 cm³/mol. The Kier molecular flexibility index (Phi) is 2.16. The van der Waals surface area contributed by atoms with Gasteiger partial charge in [-0.1, -0.05) is 12.1 Å². The fraction of sp³-hybridized carbons (Fsp3) is 0.357. The van der Waals surface area contributed by atoms with Crippen molar-refractivity contribution in [1.82, 2.24) is 0 Å². The summed E-state index contributed by atoms with van der Waals surface area (Å²) in [6.45, 7) is 0. The molecule has 2 aliphatic rings. The van der Waals surface area contributed by atoms with Crippen molar-refractivity contribution in [2.24, 2.45) is 5.92 Å². The van der Waals surface area contributed by atoms with E-state index in [2.05, 4.69) is 6.08 Å². The Balaban J connectivity index is 2.08. The Labute approximate surface area is 94.0 Å². The quantitative estimate of drug-likeness (QED) is 0.659. The molecule has 1 aromatic rings. The molecule has 1 aromatic carbocycles. The Bertz CT molecular complexity index is 484. The number of carbonyl (C=O) groups is 1. The van der Waals surface area contributed by atoms with Crippen LogP contribution in [0, 0.1) is 11.7 Å². The minimum Gasteiger partial charge on any atom is -0.294 e. The number of allylic oxidation sites excluding steroid dienone is 2. The molecule has 0 unspecified atom stereocenters. The molecule has 0 spiro atoms. The number of Topliss-reactive ketones (excluding diaryl/α,β-unsaturated/α-hetero) is 1. The van der Waals surface area contributed by atoms with Crippen molar-refractivity contribution in [3.05, 3.63) is 41.2 Å². The summed E-state index contributed by atoms with van der Waals surface area (Å²) >= 11 is 0. The molecule has 0 aromatic heterocycles. The standard InChI is InChI=1S/C14H13FO/c15-11-4-5-12-10(8-11)3-6-14(16)13(12)7-9-1-2-9/h4-5,7-9H,1-3,6H2/b13-7-. The number of carbonyl (C=O) groups excluding carboxylic acids is 1. The molecule has 1 fully saturated rings. The van der Waals surface area contributed by atoms with Crippen LogP contribution in [0.15, 0.2) is 24.3 Å². The highest BCUT2D eigenvalue weighted by Gasteiger charge is 2.26. The summed E-state index contributed by atoms with van der Waals surface area (Å²) in [4.78, 5) is 11.8. The van der Waals surface area contributed by atoms with E-state index in [9.17, 15) is 9.18 Å². The lowest BCUT2D eigenvalue weighted by molar-refractivity contribution is -0.113. The van der Waals surface area contributed by atoms with Crippen LogP contribution >= 0.6 is 0 Å². The maximum atomic E-state index is 13.1. The van der Waals surface area contributed by atoms with E-state index in [-0.39, 0.29) is 11.6 Å². The van der Waals surface area contributed by atoms with Gasteiger partial charge in [0.25, 0.3) is 0 Å². The molecule has 0 bridgehead atoms.